The third-order valence-corrected chi connectivity index (χ3v) is 5.47. The first-order valence-corrected chi connectivity index (χ1v) is 7.85. The summed E-state index contributed by atoms with van der Waals surface area (Å²) in [5, 5.41) is 0. The van der Waals surface area contributed by atoms with Gasteiger partial charge in [0, 0.05) is 0 Å². The van der Waals surface area contributed by atoms with Crippen LogP contribution in [0.5, 0.6) is 0 Å². The molecule has 2 saturated carbocycles. The van der Waals surface area contributed by atoms with Gasteiger partial charge in [-0.05, 0) is 37.0 Å². The smallest absolute Gasteiger partial charge is 0.0300 e. The summed E-state index contributed by atoms with van der Waals surface area (Å²) in [6.07, 6.45) is 19.8. The molecule has 16 heavy (non-hydrogen) atoms. The van der Waals surface area contributed by atoms with Crippen LogP contribution in [0.2, 0.25) is 0 Å². The van der Waals surface area contributed by atoms with E-state index in [1.807, 2.05) is 0 Å². The Balaban J connectivity index is 1.77. The fraction of sp³-hybridized carbons (Fsp3) is 1.00. The summed E-state index contributed by atoms with van der Waals surface area (Å²) < 4.78 is 0. The van der Waals surface area contributed by atoms with E-state index in [1.54, 1.807) is 25.7 Å². The lowest BCUT2D eigenvalue weighted by atomic mass is 9.68. The predicted octanol–water partition coefficient (Wildman–Crippen LogP) is 5.71. The van der Waals surface area contributed by atoms with Crippen LogP contribution in [-0.4, -0.2) is 0 Å². The van der Waals surface area contributed by atoms with Crippen molar-refractivity contribution in [1.82, 2.24) is 0 Å². The van der Waals surface area contributed by atoms with Crippen molar-refractivity contribution in [2.75, 3.05) is 0 Å². The van der Waals surface area contributed by atoms with Gasteiger partial charge in [-0.25, -0.2) is 0 Å². The zero-order valence-electron chi connectivity index (χ0n) is 11.3. The van der Waals surface area contributed by atoms with E-state index in [4.69, 9.17) is 0 Å². The minimum Gasteiger partial charge on any atom is -0.0649 e. The molecule has 0 unspecified atom stereocenters. The summed E-state index contributed by atoms with van der Waals surface area (Å²) in [7, 11) is 0. The average Bonchev–Trinajstić information content (AvgIpc) is 2.39. The molecule has 0 radical (unpaired) electrons. The first-order chi connectivity index (χ1) is 7.85. The lowest BCUT2D eigenvalue weighted by molar-refractivity contribution is 0.144. The topological polar surface area (TPSA) is 0 Å². The zero-order chi connectivity index (χ0) is 11.3. The molecule has 0 N–H and O–H groups in total. The molecule has 0 saturated heterocycles. The Bertz CT molecular complexity index is 182. The molecule has 0 heterocycles. The van der Waals surface area contributed by atoms with E-state index in [9.17, 15) is 0 Å². The molecule has 2 fully saturated rings. The van der Waals surface area contributed by atoms with Crippen LogP contribution in [0.1, 0.15) is 90.4 Å². The largest absolute Gasteiger partial charge is 0.0649 e. The molecule has 0 aromatic carbocycles. The van der Waals surface area contributed by atoms with E-state index in [0.717, 1.165) is 11.3 Å². The number of rotatable bonds is 4. The number of hydrogen-bond donors (Lipinski definition) is 0. The molecule has 0 amide bonds. The predicted molar refractivity (Wildman–Crippen MR) is 71.6 cm³/mol. The van der Waals surface area contributed by atoms with E-state index in [1.165, 1.54) is 57.8 Å². The van der Waals surface area contributed by atoms with E-state index in [2.05, 4.69) is 6.92 Å². The van der Waals surface area contributed by atoms with Gasteiger partial charge in [-0.2, -0.15) is 0 Å². The standard InChI is InChI=1S/C16H30/c1-2-16(12-7-4-8-13-16)14-11-15-9-5-3-6-10-15/h15H,2-14H2,1H3. The summed E-state index contributed by atoms with van der Waals surface area (Å²) >= 11 is 0. The second-order valence-corrected chi connectivity index (χ2v) is 6.46. The Morgan fingerprint density at radius 1 is 0.875 bits per heavy atom. The molecular weight excluding hydrogens is 192 g/mol. The fourth-order valence-corrected chi connectivity index (χ4v) is 4.07. The van der Waals surface area contributed by atoms with Crippen LogP contribution in [0.25, 0.3) is 0 Å². The van der Waals surface area contributed by atoms with Gasteiger partial charge in [0.25, 0.3) is 0 Å². The Hall–Kier alpha value is 0. The first kappa shape index (κ1) is 12.5. The van der Waals surface area contributed by atoms with Gasteiger partial charge in [-0.15, -0.1) is 0 Å². The van der Waals surface area contributed by atoms with Gasteiger partial charge in [0.2, 0.25) is 0 Å². The van der Waals surface area contributed by atoms with E-state index >= 15 is 0 Å². The Morgan fingerprint density at radius 3 is 2.12 bits per heavy atom. The van der Waals surface area contributed by atoms with Crippen LogP contribution in [0, 0.1) is 11.3 Å². The van der Waals surface area contributed by atoms with Crippen molar-refractivity contribution in [2.24, 2.45) is 11.3 Å². The Kier molecular flexibility index (Phi) is 4.73. The van der Waals surface area contributed by atoms with Gasteiger partial charge in [0.05, 0.1) is 0 Å². The minimum atomic E-state index is 0.774. The maximum atomic E-state index is 2.44. The maximum Gasteiger partial charge on any atom is -0.0300 e. The molecule has 0 spiro atoms. The normalized spacial score (nSPS) is 26.8. The number of hydrogen-bond acceptors (Lipinski definition) is 0. The molecule has 0 bridgehead atoms. The summed E-state index contributed by atoms with van der Waals surface area (Å²) in [5.41, 5.74) is 0.774. The second kappa shape index (κ2) is 6.07. The lowest BCUT2D eigenvalue weighted by Gasteiger charge is -2.38. The molecular formula is C16H30. The Labute approximate surface area is 102 Å². The van der Waals surface area contributed by atoms with Gasteiger partial charge in [-0.3, -0.25) is 0 Å². The highest BCUT2D eigenvalue weighted by Crippen LogP contribution is 2.44. The van der Waals surface area contributed by atoms with Crippen LogP contribution in [0.4, 0.5) is 0 Å². The van der Waals surface area contributed by atoms with Gasteiger partial charge in [0.1, 0.15) is 0 Å². The van der Waals surface area contributed by atoms with Crippen LogP contribution < -0.4 is 0 Å². The molecule has 0 aliphatic heterocycles. The molecule has 0 nitrogen and oxygen atoms in total. The van der Waals surface area contributed by atoms with Crippen molar-refractivity contribution in [3.8, 4) is 0 Å². The van der Waals surface area contributed by atoms with Crippen molar-refractivity contribution >= 4 is 0 Å². The summed E-state index contributed by atoms with van der Waals surface area (Å²) in [6.45, 7) is 2.44. The van der Waals surface area contributed by atoms with Crippen molar-refractivity contribution in [3.05, 3.63) is 0 Å². The monoisotopic (exact) mass is 222 g/mol. The molecule has 94 valence electrons. The highest BCUT2D eigenvalue weighted by atomic mass is 14.4. The Morgan fingerprint density at radius 2 is 1.50 bits per heavy atom. The van der Waals surface area contributed by atoms with E-state index in [-0.39, 0.29) is 0 Å². The summed E-state index contributed by atoms with van der Waals surface area (Å²) in [4.78, 5) is 0. The van der Waals surface area contributed by atoms with Crippen LogP contribution >= 0.6 is 0 Å². The lowest BCUT2D eigenvalue weighted by Crippen LogP contribution is -2.24. The molecule has 0 heteroatoms. The highest BCUT2D eigenvalue weighted by molar-refractivity contribution is 4.82. The van der Waals surface area contributed by atoms with E-state index in [0.29, 0.717) is 0 Å². The SMILES string of the molecule is CCC1(CCC2CCCCC2)CCCCC1. The van der Waals surface area contributed by atoms with Crippen molar-refractivity contribution in [2.45, 2.75) is 90.4 Å². The van der Waals surface area contributed by atoms with Gasteiger partial charge >= 0.3 is 0 Å². The molecule has 0 aromatic heterocycles. The van der Waals surface area contributed by atoms with Crippen molar-refractivity contribution < 1.29 is 0 Å². The molecule has 2 aliphatic rings. The molecule has 0 aromatic rings. The summed E-state index contributed by atoms with van der Waals surface area (Å²) in [5.74, 6) is 1.10. The van der Waals surface area contributed by atoms with Crippen LogP contribution in [0.3, 0.4) is 0 Å². The van der Waals surface area contributed by atoms with Crippen LogP contribution in [-0.2, 0) is 0 Å². The van der Waals surface area contributed by atoms with Crippen LogP contribution in [0.15, 0.2) is 0 Å². The average molecular weight is 222 g/mol. The van der Waals surface area contributed by atoms with E-state index < -0.39 is 0 Å². The molecule has 2 aliphatic carbocycles. The quantitative estimate of drug-likeness (QED) is 0.571. The third kappa shape index (κ3) is 3.25. The second-order valence-electron chi connectivity index (χ2n) is 6.46. The zero-order valence-corrected chi connectivity index (χ0v) is 11.3. The highest BCUT2D eigenvalue weighted by Gasteiger charge is 2.30. The summed E-state index contributed by atoms with van der Waals surface area (Å²) in [6, 6.07) is 0. The van der Waals surface area contributed by atoms with Crippen molar-refractivity contribution in [1.29, 1.82) is 0 Å². The molecule has 2 rings (SSSR count). The minimum absolute atomic E-state index is 0.774. The first-order valence-electron chi connectivity index (χ1n) is 7.85. The van der Waals surface area contributed by atoms with Gasteiger partial charge in [0.15, 0.2) is 0 Å². The fourth-order valence-electron chi connectivity index (χ4n) is 4.07. The molecule has 0 atom stereocenters. The van der Waals surface area contributed by atoms with Gasteiger partial charge in [-0.1, -0.05) is 64.7 Å². The van der Waals surface area contributed by atoms with Gasteiger partial charge < -0.3 is 0 Å². The van der Waals surface area contributed by atoms with Crippen molar-refractivity contribution in [3.63, 3.8) is 0 Å². The maximum absolute atomic E-state index is 2.44. The third-order valence-electron chi connectivity index (χ3n) is 5.47.